The molecule has 0 atom stereocenters. The average Bonchev–Trinajstić information content (AvgIpc) is 2.31. The Morgan fingerprint density at radius 2 is 2.55 bits per heavy atom. The largest absolute Gasteiger partial charge is 0.359 e. The molecule has 0 radical (unpaired) electrons. The van der Waals surface area contributed by atoms with Gasteiger partial charge in [0.2, 0.25) is 0 Å². The van der Waals surface area contributed by atoms with Crippen LogP contribution in [0, 0.1) is 18.8 Å². The zero-order valence-corrected chi connectivity index (χ0v) is 6.01. The maximum absolute atomic E-state index is 10.2. The van der Waals surface area contributed by atoms with Crippen molar-refractivity contribution in [2.75, 3.05) is 0 Å². The highest BCUT2D eigenvalue weighted by atomic mass is 16.1. The fourth-order valence-corrected chi connectivity index (χ4v) is 0.606. The Labute approximate surface area is 63.8 Å². The van der Waals surface area contributed by atoms with E-state index in [4.69, 9.17) is 5.73 Å². The Kier molecular flexibility index (Phi) is 1.93. The molecule has 0 unspecified atom stereocenters. The third kappa shape index (κ3) is 1.83. The molecule has 0 aliphatic rings. The highest BCUT2D eigenvalue weighted by Gasteiger charge is 1.94. The minimum atomic E-state index is -0.646. The molecule has 4 heteroatoms. The van der Waals surface area contributed by atoms with Gasteiger partial charge in [-0.25, -0.2) is 4.98 Å². The van der Waals surface area contributed by atoms with Crippen LogP contribution in [0.25, 0.3) is 0 Å². The summed E-state index contributed by atoms with van der Waals surface area (Å²) in [4.78, 5) is 16.9. The first-order valence-electron chi connectivity index (χ1n) is 3.01. The van der Waals surface area contributed by atoms with E-state index in [0.29, 0.717) is 5.69 Å². The summed E-state index contributed by atoms with van der Waals surface area (Å²) in [6.07, 6.45) is 1.51. The van der Waals surface area contributed by atoms with Crippen molar-refractivity contribution in [3.05, 3.63) is 17.7 Å². The van der Waals surface area contributed by atoms with Crippen LogP contribution in [0.15, 0.2) is 6.33 Å². The molecule has 4 nitrogen and oxygen atoms in total. The molecule has 1 aromatic rings. The SMILES string of the molecule is Cc1[nH]cnc1C#CC(N)=O. The second-order valence-electron chi connectivity index (χ2n) is 1.99. The van der Waals surface area contributed by atoms with E-state index in [1.807, 2.05) is 6.92 Å². The minimum Gasteiger partial charge on any atom is -0.359 e. The van der Waals surface area contributed by atoms with Crippen molar-refractivity contribution in [1.82, 2.24) is 9.97 Å². The summed E-state index contributed by atoms with van der Waals surface area (Å²) < 4.78 is 0. The number of amides is 1. The molecule has 3 N–H and O–H groups in total. The summed E-state index contributed by atoms with van der Waals surface area (Å²) in [6.45, 7) is 1.82. The minimum absolute atomic E-state index is 0.559. The quantitative estimate of drug-likeness (QED) is 0.490. The molecule has 0 saturated carbocycles. The van der Waals surface area contributed by atoms with Crippen molar-refractivity contribution in [3.63, 3.8) is 0 Å². The standard InChI is InChI=1S/C7H7N3O/c1-5-6(10-4-9-5)2-3-7(8)11/h4H,1H3,(H2,8,11)(H,9,10). The van der Waals surface area contributed by atoms with Crippen LogP contribution in [-0.4, -0.2) is 15.9 Å². The van der Waals surface area contributed by atoms with Crippen LogP contribution in [0.1, 0.15) is 11.4 Å². The lowest BCUT2D eigenvalue weighted by Gasteiger charge is -1.80. The van der Waals surface area contributed by atoms with Gasteiger partial charge in [0, 0.05) is 11.6 Å². The van der Waals surface area contributed by atoms with E-state index in [2.05, 4.69) is 21.8 Å². The van der Waals surface area contributed by atoms with Crippen LogP contribution in [0.5, 0.6) is 0 Å². The first kappa shape index (κ1) is 7.35. The molecule has 0 aliphatic carbocycles. The van der Waals surface area contributed by atoms with Crippen molar-refractivity contribution in [2.24, 2.45) is 5.73 Å². The molecule has 0 bridgehead atoms. The number of hydrogen-bond donors (Lipinski definition) is 2. The summed E-state index contributed by atoms with van der Waals surface area (Å²) in [5.74, 6) is 4.07. The maximum atomic E-state index is 10.2. The monoisotopic (exact) mass is 149 g/mol. The summed E-state index contributed by atoms with van der Waals surface area (Å²) in [5, 5.41) is 0. The lowest BCUT2D eigenvalue weighted by Crippen LogP contribution is -2.06. The normalized spacial score (nSPS) is 8.45. The zero-order valence-electron chi connectivity index (χ0n) is 6.01. The summed E-state index contributed by atoms with van der Waals surface area (Å²) in [7, 11) is 0. The van der Waals surface area contributed by atoms with Gasteiger partial charge in [0.05, 0.1) is 6.33 Å². The fraction of sp³-hybridized carbons (Fsp3) is 0.143. The van der Waals surface area contributed by atoms with Gasteiger partial charge >= 0.3 is 0 Å². The second kappa shape index (κ2) is 2.88. The van der Waals surface area contributed by atoms with E-state index >= 15 is 0 Å². The van der Waals surface area contributed by atoms with E-state index in [-0.39, 0.29) is 0 Å². The van der Waals surface area contributed by atoms with E-state index < -0.39 is 5.91 Å². The number of H-pyrrole nitrogens is 1. The van der Waals surface area contributed by atoms with Gasteiger partial charge in [-0.3, -0.25) is 4.79 Å². The number of aryl methyl sites for hydroxylation is 1. The average molecular weight is 149 g/mol. The molecule has 11 heavy (non-hydrogen) atoms. The van der Waals surface area contributed by atoms with Crippen molar-refractivity contribution < 1.29 is 4.79 Å². The number of nitrogens with two attached hydrogens (primary N) is 1. The Morgan fingerprint density at radius 3 is 3.00 bits per heavy atom. The van der Waals surface area contributed by atoms with Gasteiger partial charge in [-0.05, 0) is 12.8 Å². The van der Waals surface area contributed by atoms with Gasteiger partial charge in [-0.2, -0.15) is 0 Å². The number of primary amides is 1. The highest BCUT2D eigenvalue weighted by molar-refractivity contribution is 5.92. The summed E-state index contributed by atoms with van der Waals surface area (Å²) in [5.41, 5.74) is 6.20. The lowest BCUT2D eigenvalue weighted by atomic mass is 10.3. The Morgan fingerprint density at radius 1 is 1.82 bits per heavy atom. The molecule has 0 aliphatic heterocycles. The Balaban J connectivity index is 2.90. The number of imidazole rings is 1. The van der Waals surface area contributed by atoms with E-state index in [1.165, 1.54) is 6.33 Å². The molecule has 0 fully saturated rings. The Bertz CT molecular complexity index is 329. The van der Waals surface area contributed by atoms with Crippen LogP contribution < -0.4 is 5.73 Å². The lowest BCUT2D eigenvalue weighted by molar-refractivity contribution is -0.112. The molecule has 1 rings (SSSR count). The number of nitrogens with one attached hydrogen (secondary N) is 1. The predicted molar refractivity (Wildman–Crippen MR) is 39.4 cm³/mol. The summed E-state index contributed by atoms with van der Waals surface area (Å²) in [6, 6.07) is 0. The molecular weight excluding hydrogens is 142 g/mol. The maximum Gasteiger partial charge on any atom is 0.293 e. The molecule has 1 aromatic heterocycles. The fourth-order valence-electron chi connectivity index (χ4n) is 0.606. The topological polar surface area (TPSA) is 71.8 Å². The van der Waals surface area contributed by atoms with Crippen molar-refractivity contribution in [3.8, 4) is 11.8 Å². The second-order valence-corrected chi connectivity index (χ2v) is 1.99. The van der Waals surface area contributed by atoms with Gasteiger partial charge in [0.25, 0.3) is 5.91 Å². The van der Waals surface area contributed by atoms with E-state index in [1.54, 1.807) is 0 Å². The summed E-state index contributed by atoms with van der Waals surface area (Å²) >= 11 is 0. The number of carbonyl (C=O) groups excluding carboxylic acids is 1. The van der Waals surface area contributed by atoms with E-state index in [0.717, 1.165) is 5.69 Å². The van der Waals surface area contributed by atoms with Gasteiger partial charge in [-0.15, -0.1) is 0 Å². The number of aromatic amines is 1. The van der Waals surface area contributed by atoms with Crippen LogP contribution >= 0.6 is 0 Å². The molecule has 0 spiro atoms. The molecule has 0 saturated heterocycles. The van der Waals surface area contributed by atoms with Gasteiger partial charge in [0.15, 0.2) is 0 Å². The molecule has 1 heterocycles. The van der Waals surface area contributed by atoms with Crippen LogP contribution in [-0.2, 0) is 4.79 Å². The highest BCUT2D eigenvalue weighted by Crippen LogP contribution is 1.95. The van der Waals surface area contributed by atoms with Crippen LogP contribution in [0.4, 0.5) is 0 Å². The van der Waals surface area contributed by atoms with E-state index in [9.17, 15) is 4.79 Å². The first-order valence-corrected chi connectivity index (χ1v) is 3.01. The van der Waals surface area contributed by atoms with Crippen molar-refractivity contribution in [1.29, 1.82) is 0 Å². The first-order chi connectivity index (χ1) is 5.20. The van der Waals surface area contributed by atoms with Crippen molar-refractivity contribution in [2.45, 2.75) is 6.92 Å². The number of nitrogens with zero attached hydrogens (tertiary/aromatic N) is 1. The molecule has 0 aromatic carbocycles. The van der Waals surface area contributed by atoms with Crippen LogP contribution in [0.2, 0.25) is 0 Å². The third-order valence-electron chi connectivity index (χ3n) is 1.13. The number of carbonyl (C=O) groups is 1. The molecule has 1 amide bonds. The van der Waals surface area contributed by atoms with Crippen molar-refractivity contribution >= 4 is 5.91 Å². The smallest absolute Gasteiger partial charge is 0.293 e. The predicted octanol–water partition coefficient (Wildman–Crippen LogP) is -0.445. The van der Waals surface area contributed by atoms with Gasteiger partial charge < -0.3 is 10.7 Å². The number of aromatic nitrogens is 2. The molecular formula is C7H7N3O. The number of rotatable bonds is 0. The van der Waals surface area contributed by atoms with Gasteiger partial charge in [-0.1, -0.05) is 0 Å². The van der Waals surface area contributed by atoms with Crippen LogP contribution in [0.3, 0.4) is 0 Å². The zero-order chi connectivity index (χ0) is 8.27. The third-order valence-corrected chi connectivity index (χ3v) is 1.13. The number of hydrogen-bond acceptors (Lipinski definition) is 2. The molecule has 56 valence electrons. The Hall–Kier alpha value is -1.76. The van der Waals surface area contributed by atoms with Gasteiger partial charge in [0.1, 0.15) is 5.69 Å².